The Morgan fingerprint density at radius 3 is 1.80 bits per heavy atom. The molecule has 0 aliphatic rings. The molecule has 116 valence electrons. The molecule has 1 unspecified atom stereocenters. The van der Waals surface area contributed by atoms with E-state index in [9.17, 15) is 19.5 Å². The highest BCUT2D eigenvalue weighted by Crippen LogP contribution is 2.11. The third kappa shape index (κ3) is 6.65. The molecule has 0 bridgehead atoms. The fourth-order valence-corrected chi connectivity index (χ4v) is 1.46. The van der Waals surface area contributed by atoms with Crippen molar-refractivity contribution in [3.8, 4) is 0 Å². The molecule has 0 spiro atoms. The molecule has 0 heterocycles. The molecule has 1 N–H and O–H groups in total. The number of ketones is 1. The first-order valence-corrected chi connectivity index (χ1v) is 6.97. The molecule has 0 rings (SSSR count). The molecule has 0 aliphatic carbocycles. The average molecular weight is 288 g/mol. The average Bonchev–Trinajstić information content (AvgIpc) is 2.38. The Morgan fingerprint density at radius 1 is 0.950 bits per heavy atom. The summed E-state index contributed by atoms with van der Waals surface area (Å²) in [5.41, 5.74) is 0. The van der Waals surface area contributed by atoms with Crippen molar-refractivity contribution in [2.24, 2.45) is 5.92 Å². The Hall–Kier alpha value is -1.43. The zero-order valence-corrected chi connectivity index (χ0v) is 12.4. The van der Waals surface area contributed by atoms with Crippen LogP contribution in [0.3, 0.4) is 0 Å². The quantitative estimate of drug-likeness (QED) is 0.369. The summed E-state index contributed by atoms with van der Waals surface area (Å²) in [4.78, 5) is 34.7. The predicted octanol–water partition coefficient (Wildman–Crippen LogP) is 1.24. The maximum Gasteiger partial charge on any atom is 0.336 e. The maximum atomic E-state index is 11.7. The van der Waals surface area contributed by atoms with Crippen molar-refractivity contribution in [1.29, 1.82) is 0 Å². The van der Waals surface area contributed by atoms with Gasteiger partial charge in [0.2, 0.25) is 0 Å². The van der Waals surface area contributed by atoms with Gasteiger partial charge in [0, 0.05) is 0 Å². The second-order valence-electron chi connectivity index (χ2n) is 4.58. The number of Topliss-reactive ketones (excluding diaryl/α,β-unsaturated/α-hetero) is 1. The van der Waals surface area contributed by atoms with Gasteiger partial charge in [-0.05, 0) is 19.8 Å². The molecule has 0 fully saturated rings. The Balaban J connectivity index is 4.52. The number of carbonyl (C=O) groups excluding carboxylic acids is 3. The normalized spacial score (nSPS) is 13.4. The summed E-state index contributed by atoms with van der Waals surface area (Å²) < 4.78 is 9.68. The van der Waals surface area contributed by atoms with Crippen molar-refractivity contribution in [3.05, 3.63) is 0 Å². The topological polar surface area (TPSA) is 89.9 Å². The van der Waals surface area contributed by atoms with Gasteiger partial charge >= 0.3 is 11.9 Å². The van der Waals surface area contributed by atoms with Crippen molar-refractivity contribution in [2.75, 3.05) is 13.2 Å². The number of esters is 2. The van der Waals surface area contributed by atoms with E-state index in [-0.39, 0.29) is 13.2 Å². The third-order valence-corrected chi connectivity index (χ3v) is 2.73. The van der Waals surface area contributed by atoms with Crippen molar-refractivity contribution in [3.63, 3.8) is 0 Å². The summed E-state index contributed by atoms with van der Waals surface area (Å²) in [6.07, 6.45) is 1.17. The maximum absolute atomic E-state index is 11.7. The van der Waals surface area contributed by atoms with Crippen LogP contribution in [0.4, 0.5) is 0 Å². The zero-order valence-electron chi connectivity index (χ0n) is 12.4. The van der Waals surface area contributed by atoms with Gasteiger partial charge < -0.3 is 14.6 Å². The van der Waals surface area contributed by atoms with E-state index in [2.05, 4.69) is 0 Å². The molecule has 0 aromatic carbocycles. The van der Waals surface area contributed by atoms with Crippen molar-refractivity contribution >= 4 is 17.7 Å². The van der Waals surface area contributed by atoms with Crippen molar-refractivity contribution < 1.29 is 29.0 Å². The van der Waals surface area contributed by atoms with Crippen molar-refractivity contribution in [2.45, 2.75) is 52.6 Å². The SMILES string of the molecule is CCCCOC(=O)C(C(C)=O)[C@H](O)C(=O)OCCCC. The summed E-state index contributed by atoms with van der Waals surface area (Å²) in [5, 5.41) is 9.78. The molecule has 0 amide bonds. The van der Waals surface area contributed by atoms with E-state index in [1.54, 1.807) is 0 Å². The van der Waals surface area contributed by atoms with Crippen LogP contribution >= 0.6 is 0 Å². The number of hydrogen-bond donors (Lipinski definition) is 1. The first kappa shape index (κ1) is 18.6. The highest BCUT2D eigenvalue weighted by atomic mass is 16.6. The van der Waals surface area contributed by atoms with Gasteiger partial charge in [-0.15, -0.1) is 0 Å². The summed E-state index contributed by atoms with van der Waals surface area (Å²) in [6, 6.07) is 0. The van der Waals surface area contributed by atoms with Gasteiger partial charge in [-0.1, -0.05) is 26.7 Å². The lowest BCUT2D eigenvalue weighted by Crippen LogP contribution is -2.41. The van der Waals surface area contributed by atoms with Crippen LogP contribution in [0.5, 0.6) is 0 Å². The fourth-order valence-electron chi connectivity index (χ4n) is 1.46. The van der Waals surface area contributed by atoms with E-state index in [0.29, 0.717) is 12.8 Å². The first-order chi connectivity index (χ1) is 9.45. The smallest absolute Gasteiger partial charge is 0.336 e. The standard InChI is InChI=1S/C14H24O6/c1-4-6-8-19-13(17)11(10(3)15)12(16)14(18)20-9-7-5-2/h11-12,16H,4-9H2,1-3H3/t11?,12-/m0/s1. The fraction of sp³-hybridized carbons (Fsp3) is 0.786. The molecule has 6 heteroatoms. The molecule has 0 saturated heterocycles. The molecule has 2 atom stereocenters. The molecule has 20 heavy (non-hydrogen) atoms. The van der Waals surface area contributed by atoms with Crippen LogP contribution < -0.4 is 0 Å². The van der Waals surface area contributed by atoms with Crippen LogP contribution in [0.25, 0.3) is 0 Å². The van der Waals surface area contributed by atoms with Crippen LogP contribution in [0.2, 0.25) is 0 Å². The van der Waals surface area contributed by atoms with Gasteiger partial charge in [0.15, 0.2) is 12.0 Å². The van der Waals surface area contributed by atoms with Crippen LogP contribution in [0.15, 0.2) is 0 Å². The van der Waals surface area contributed by atoms with Gasteiger partial charge in [0.05, 0.1) is 13.2 Å². The van der Waals surface area contributed by atoms with Crippen molar-refractivity contribution in [1.82, 2.24) is 0 Å². The number of hydrogen-bond acceptors (Lipinski definition) is 6. The summed E-state index contributed by atoms with van der Waals surface area (Å²) >= 11 is 0. The Kier molecular flexibility index (Phi) is 9.63. The summed E-state index contributed by atoms with van der Waals surface area (Å²) in [7, 11) is 0. The van der Waals surface area contributed by atoms with Crippen LogP contribution in [0, 0.1) is 5.92 Å². The molecule has 0 aromatic heterocycles. The number of unbranched alkanes of at least 4 members (excludes halogenated alkanes) is 2. The zero-order chi connectivity index (χ0) is 15.5. The predicted molar refractivity (Wildman–Crippen MR) is 71.9 cm³/mol. The summed E-state index contributed by atoms with van der Waals surface area (Å²) in [6.45, 7) is 5.30. The van der Waals surface area contributed by atoms with E-state index in [4.69, 9.17) is 9.47 Å². The van der Waals surface area contributed by atoms with Gasteiger partial charge in [0.1, 0.15) is 5.78 Å². The molecule has 0 radical (unpaired) electrons. The molecule has 0 saturated carbocycles. The van der Waals surface area contributed by atoms with E-state index < -0.39 is 29.7 Å². The number of aliphatic hydroxyl groups is 1. The number of aliphatic hydroxyl groups excluding tert-OH is 1. The molecule has 0 aliphatic heterocycles. The Bertz CT molecular complexity index is 326. The van der Waals surface area contributed by atoms with E-state index in [1.165, 1.54) is 0 Å². The second kappa shape index (κ2) is 10.4. The monoisotopic (exact) mass is 288 g/mol. The highest BCUT2D eigenvalue weighted by molar-refractivity contribution is 6.02. The third-order valence-electron chi connectivity index (χ3n) is 2.73. The lowest BCUT2D eigenvalue weighted by atomic mass is 9.98. The van der Waals surface area contributed by atoms with E-state index >= 15 is 0 Å². The number of ether oxygens (including phenoxy) is 2. The largest absolute Gasteiger partial charge is 0.465 e. The highest BCUT2D eigenvalue weighted by Gasteiger charge is 2.38. The number of carbonyl (C=O) groups is 3. The van der Waals surface area contributed by atoms with Crippen LogP contribution in [0.1, 0.15) is 46.5 Å². The van der Waals surface area contributed by atoms with E-state index in [1.807, 2.05) is 13.8 Å². The molecular weight excluding hydrogens is 264 g/mol. The van der Waals surface area contributed by atoms with Gasteiger partial charge in [-0.25, -0.2) is 4.79 Å². The minimum atomic E-state index is -1.81. The lowest BCUT2D eigenvalue weighted by Gasteiger charge is -2.18. The number of rotatable bonds is 10. The minimum absolute atomic E-state index is 0.155. The second-order valence-corrected chi connectivity index (χ2v) is 4.58. The minimum Gasteiger partial charge on any atom is -0.465 e. The van der Waals surface area contributed by atoms with Crippen LogP contribution in [-0.4, -0.2) is 42.1 Å². The Labute approximate surface area is 119 Å². The summed E-state index contributed by atoms with van der Waals surface area (Å²) in [5.74, 6) is -3.98. The van der Waals surface area contributed by atoms with Gasteiger partial charge in [0.25, 0.3) is 0 Å². The molecule has 6 nitrogen and oxygen atoms in total. The van der Waals surface area contributed by atoms with Gasteiger partial charge in [-0.2, -0.15) is 0 Å². The lowest BCUT2D eigenvalue weighted by molar-refractivity contribution is -0.169. The van der Waals surface area contributed by atoms with Crippen LogP contribution in [-0.2, 0) is 23.9 Å². The van der Waals surface area contributed by atoms with Gasteiger partial charge in [-0.3, -0.25) is 9.59 Å². The Morgan fingerprint density at radius 2 is 1.40 bits per heavy atom. The first-order valence-electron chi connectivity index (χ1n) is 6.97. The molecular formula is C14H24O6. The van der Waals surface area contributed by atoms with E-state index in [0.717, 1.165) is 19.8 Å². The molecule has 0 aromatic rings.